The van der Waals surface area contributed by atoms with E-state index in [0.717, 1.165) is 36.9 Å². The molecule has 0 heterocycles. The summed E-state index contributed by atoms with van der Waals surface area (Å²) in [5.74, 6) is 0.0853. The van der Waals surface area contributed by atoms with Crippen LogP contribution in [0.5, 0.6) is 0 Å². The molecule has 0 bridgehead atoms. The molecule has 0 amide bonds. The van der Waals surface area contributed by atoms with Crippen LogP contribution in [-0.2, 0) is 9.53 Å². The van der Waals surface area contributed by atoms with Crippen molar-refractivity contribution in [1.29, 1.82) is 0 Å². The topological polar surface area (TPSA) is 52.3 Å². The molecule has 1 aliphatic carbocycles. The van der Waals surface area contributed by atoms with Crippen LogP contribution in [0.4, 0.5) is 5.69 Å². The number of esters is 1. The Kier molecular flexibility index (Phi) is 4.92. The Balaban J connectivity index is 1.80. The van der Waals surface area contributed by atoms with Crippen LogP contribution in [0.1, 0.15) is 64.4 Å². The number of carbonyl (C=O) groups excluding carboxylic acids is 1. The Morgan fingerprint density at radius 1 is 1.29 bits per heavy atom. The van der Waals surface area contributed by atoms with Crippen molar-refractivity contribution < 1.29 is 9.53 Å². The average Bonchev–Trinajstić information content (AvgIpc) is 2.42. The van der Waals surface area contributed by atoms with Crippen molar-refractivity contribution >= 4 is 11.7 Å². The summed E-state index contributed by atoms with van der Waals surface area (Å²) in [6.07, 6.45) is 4.81. The van der Waals surface area contributed by atoms with Gasteiger partial charge in [-0.25, -0.2) is 0 Å². The molecule has 1 unspecified atom stereocenters. The fraction of sp³-hybridized carbons (Fsp3) is 0.611. The molecular weight excluding hydrogens is 262 g/mol. The minimum Gasteiger partial charge on any atom is -0.462 e. The lowest BCUT2D eigenvalue weighted by Crippen LogP contribution is -2.28. The van der Waals surface area contributed by atoms with Gasteiger partial charge in [0.1, 0.15) is 6.10 Å². The van der Waals surface area contributed by atoms with Gasteiger partial charge in [-0.05, 0) is 54.7 Å². The average molecular weight is 289 g/mol. The molecule has 0 spiro atoms. The van der Waals surface area contributed by atoms with Crippen LogP contribution in [-0.4, -0.2) is 12.1 Å². The van der Waals surface area contributed by atoms with Crippen LogP contribution in [0.3, 0.4) is 0 Å². The van der Waals surface area contributed by atoms with E-state index in [0.29, 0.717) is 11.8 Å². The maximum absolute atomic E-state index is 12.1. The second-order valence-corrected chi connectivity index (χ2v) is 7.13. The van der Waals surface area contributed by atoms with Crippen LogP contribution >= 0.6 is 0 Å². The molecule has 2 N–H and O–H groups in total. The van der Waals surface area contributed by atoms with E-state index in [1.807, 2.05) is 24.3 Å². The first kappa shape index (κ1) is 15.9. The summed E-state index contributed by atoms with van der Waals surface area (Å²) in [5, 5.41) is 0. The van der Waals surface area contributed by atoms with Crippen LogP contribution in [0.25, 0.3) is 0 Å². The van der Waals surface area contributed by atoms with Gasteiger partial charge >= 0.3 is 5.97 Å². The largest absolute Gasteiger partial charge is 0.462 e. The van der Waals surface area contributed by atoms with Gasteiger partial charge in [-0.3, -0.25) is 4.79 Å². The first-order valence-corrected chi connectivity index (χ1v) is 7.91. The van der Waals surface area contributed by atoms with Crippen molar-refractivity contribution in [2.75, 3.05) is 5.73 Å². The number of rotatable bonds is 4. The van der Waals surface area contributed by atoms with E-state index in [4.69, 9.17) is 10.5 Å². The zero-order valence-electron chi connectivity index (χ0n) is 13.4. The van der Waals surface area contributed by atoms with Crippen LogP contribution in [0, 0.1) is 5.41 Å². The lowest BCUT2D eigenvalue weighted by molar-refractivity contribution is -0.152. The molecule has 0 radical (unpaired) electrons. The predicted octanol–water partition coefficient (Wildman–Crippen LogP) is 4.27. The zero-order chi connectivity index (χ0) is 15.5. The summed E-state index contributed by atoms with van der Waals surface area (Å²) in [4.78, 5) is 12.1. The van der Waals surface area contributed by atoms with Gasteiger partial charge in [0, 0.05) is 5.69 Å². The van der Waals surface area contributed by atoms with Crippen LogP contribution in [0.15, 0.2) is 24.3 Å². The van der Waals surface area contributed by atoms with Crippen LogP contribution in [0.2, 0.25) is 0 Å². The van der Waals surface area contributed by atoms with Gasteiger partial charge in [0.15, 0.2) is 0 Å². The lowest BCUT2D eigenvalue weighted by atomic mass is 9.76. The summed E-state index contributed by atoms with van der Waals surface area (Å²) in [7, 11) is 0. The molecule has 1 fully saturated rings. The molecule has 1 aromatic carbocycles. The zero-order valence-corrected chi connectivity index (χ0v) is 13.4. The molecule has 21 heavy (non-hydrogen) atoms. The summed E-state index contributed by atoms with van der Waals surface area (Å²) in [6, 6.07) is 7.72. The van der Waals surface area contributed by atoms with Crippen LogP contribution < -0.4 is 5.73 Å². The normalized spacial score (nSPS) is 20.0. The highest BCUT2D eigenvalue weighted by atomic mass is 16.5. The summed E-state index contributed by atoms with van der Waals surface area (Å²) < 4.78 is 5.64. The van der Waals surface area contributed by atoms with Gasteiger partial charge in [-0.1, -0.05) is 32.9 Å². The number of hydrogen-bond acceptors (Lipinski definition) is 3. The summed E-state index contributed by atoms with van der Waals surface area (Å²) in [6.45, 7) is 6.62. The molecule has 0 aromatic heterocycles. The van der Waals surface area contributed by atoms with E-state index in [2.05, 4.69) is 20.8 Å². The third-order valence-corrected chi connectivity index (χ3v) is 4.56. The van der Waals surface area contributed by atoms with Gasteiger partial charge in [0.2, 0.25) is 0 Å². The minimum absolute atomic E-state index is 0.0796. The molecular formula is C18H27NO2. The SMILES string of the molecule is CC(CC(=O)OC1CCC(C)(C)CC1)c1ccc(N)cc1. The highest BCUT2D eigenvalue weighted by Gasteiger charge is 2.29. The third-order valence-electron chi connectivity index (χ3n) is 4.56. The van der Waals surface area contributed by atoms with E-state index < -0.39 is 0 Å². The fourth-order valence-corrected chi connectivity index (χ4v) is 2.92. The quantitative estimate of drug-likeness (QED) is 0.665. The van der Waals surface area contributed by atoms with Gasteiger partial charge in [-0.15, -0.1) is 0 Å². The van der Waals surface area contributed by atoms with Crippen molar-refractivity contribution in [3.05, 3.63) is 29.8 Å². The Labute approximate surface area is 127 Å². The summed E-state index contributed by atoms with van der Waals surface area (Å²) >= 11 is 0. The molecule has 1 saturated carbocycles. The Morgan fingerprint density at radius 2 is 1.86 bits per heavy atom. The number of nitrogen functional groups attached to an aromatic ring is 1. The Bertz CT molecular complexity index is 468. The molecule has 3 nitrogen and oxygen atoms in total. The van der Waals surface area contributed by atoms with Gasteiger partial charge in [0.05, 0.1) is 6.42 Å². The van der Waals surface area contributed by atoms with E-state index in [1.54, 1.807) is 0 Å². The van der Waals surface area contributed by atoms with E-state index >= 15 is 0 Å². The maximum atomic E-state index is 12.1. The van der Waals surface area contributed by atoms with Crippen molar-refractivity contribution in [2.45, 2.75) is 64.9 Å². The number of carbonyl (C=O) groups is 1. The number of benzene rings is 1. The fourth-order valence-electron chi connectivity index (χ4n) is 2.92. The molecule has 1 atom stereocenters. The standard InChI is InChI=1S/C18H27NO2/c1-13(14-4-6-15(19)7-5-14)12-17(20)21-16-8-10-18(2,3)11-9-16/h4-7,13,16H,8-12,19H2,1-3H3. The smallest absolute Gasteiger partial charge is 0.306 e. The first-order valence-electron chi connectivity index (χ1n) is 7.91. The predicted molar refractivity (Wildman–Crippen MR) is 86.0 cm³/mol. The molecule has 116 valence electrons. The molecule has 3 heteroatoms. The van der Waals surface area contributed by atoms with E-state index in [9.17, 15) is 4.79 Å². The molecule has 1 aliphatic rings. The molecule has 0 aliphatic heterocycles. The molecule has 0 saturated heterocycles. The van der Waals surface area contributed by atoms with E-state index in [1.165, 1.54) is 0 Å². The molecule has 1 aromatic rings. The van der Waals surface area contributed by atoms with Crippen molar-refractivity contribution in [2.24, 2.45) is 5.41 Å². The first-order chi connectivity index (χ1) is 9.85. The van der Waals surface area contributed by atoms with Gasteiger partial charge in [0.25, 0.3) is 0 Å². The second kappa shape index (κ2) is 6.50. The highest BCUT2D eigenvalue weighted by Crippen LogP contribution is 2.36. The maximum Gasteiger partial charge on any atom is 0.306 e. The Hall–Kier alpha value is -1.51. The number of ether oxygens (including phenoxy) is 1. The summed E-state index contributed by atoms with van der Waals surface area (Å²) in [5.41, 5.74) is 7.96. The van der Waals surface area contributed by atoms with Crippen molar-refractivity contribution in [3.63, 3.8) is 0 Å². The highest BCUT2D eigenvalue weighted by molar-refractivity contribution is 5.70. The number of nitrogens with two attached hydrogens (primary N) is 1. The number of anilines is 1. The Morgan fingerprint density at radius 3 is 2.43 bits per heavy atom. The lowest BCUT2D eigenvalue weighted by Gasteiger charge is -2.34. The monoisotopic (exact) mass is 289 g/mol. The minimum atomic E-state index is -0.0796. The van der Waals surface area contributed by atoms with Gasteiger partial charge in [-0.2, -0.15) is 0 Å². The van der Waals surface area contributed by atoms with Gasteiger partial charge < -0.3 is 10.5 Å². The second-order valence-electron chi connectivity index (χ2n) is 7.13. The third kappa shape index (κ3) is 4.76. The number of hydrogen-bond donors (Lipinski definition) is 1. The molecule has 2 rings (SSSR count). The van der Waals surface area contributed by atoms with E-state index in [-0.39, 0.29) is 18.0 Å². The van der Waals surface area contributed by atoms with Crippen molar-refractivity contribution in [1.82, 2.24) is 0 Å². The van der Waals surface area contributed by atoms with Crippen molar-refractivity contribution in [3.8, 4) is 0 Å².